The lowest BCUT2D eigenvalue weighted by molar-refractivity contribution is -0.402. The Balaban J connectivity index is 2.92. The minimum atomic E-state index is -0.685. The summed E-state index contributed by atoms with van der Waals surface area (Å²) in [5.74, 6) is -0.735. The summed E-state index contributed by atoms with van der Waals surface area (Å²) in [4.78, 5) is 20.3. The molecule has 1 rings (SSSR count). The molecule has 0 aromatic carbocycles. The number of carbonyl (C=O) groups is 1. The van der Waals surface area contributed by atoms with Crippen molar-refractivity contribution in [2.24, 2.45) is 0 Å². The Morgan fingerprint density at radius 3 is 2.69 bits per heavy atom. The predicted octanol–water partition coefficient (Wildman–Crippen LogP) is 2.15. The topological polar surface area (TPSA) is 73.3 Å². The van der Waals surface area contributed by atoms with Crippen molar-refractivity contribution in [3.63, 3.8) is 0 Å². The van der Waals surface area contributed by atoms with Crippen LogP contribution in [0, 0.1) is 10.1 Å². The van der Waals surface area contributed by atoms with Gasteiger partial charge in [0.2, 0.25) is 5.78 Å². The Kier molecular flexibility index (Phi) is 2.82. The number of carbonyl (C=O) groups excluding carboxylic acids is 1. The first-order valence-corrected chi connectivity index (χ1v) is 4.36. The lowest BCUT2D eigenvalue weighted by Crippen LogP contribution is -2.08. The van der Waals surface area contributed by atoms with Gasteiger partial charge in [-0.3, -0.25) is 14.9 Å². The van der Waals surface area contributed by atoms with Crippen molar-refractivity contribution in [2.75, 3.05) is 0 Å². The average Bonchev–Trinajstić information content (AvgIpc) is 2.50. The molecule has 0 bridgehead atoms. The van der Waals surface area contributed by atoms with E-state index in [1.807, 2.05) is 0 Å². The minimum Gasteiger partial charge on any atom is -0.397 e. The molecule has 0 spiro atoms. The van der Waals surface area contributed by atoms with E-state index in [0.29, 0.717) is 0 Å². The highest BCUT2D eigenvalue weighted by molar-refractivity contribution is 9.10. The number of ketones is 1. The van der Waals surface area contributed by atoms with Crippen molar-refractivity contribution in [1.29, 1.82) is 0 Å². The molecule has 6 heteroatoms. The Morgan fingerprint density at radius 2 is 2.31 bits per heavy atom. The maximum Gasteiger partial charge on any atom is 0.433 e. The number of hydrogen-bond donors (Lipinski definition) is 0. The number of nitrogens with zero attached hydrogens (tertiary/aromatic N) is 1. The van der Waals surface area contributed by atoms with Crippen LogP contribution in [0.3, 0.4) is 0 Å². The van der Waals surface area contributed by atoms with Crippen molar-refractivity contribution >= 4 is 27.6 Å². The van der Waals surface area contributed by atoms with E-state index in [2.05, 4.69) is 20.3 Å². The molecular formula is C7H6BrNO4. The van der Waals surface area contributed by atoms with Crippen molar-refractivity contribution in [1.82, 2.24) is 0 Å². The van der Waals surface area contributed by atoms with E-state index < -0.39 is 15.6 Å². The summed E-state index contributed by atoms with van der Waals surface area (Å²) in [7, 11) is 0. The van der Waals surface area contributed by atoms with Crippen LogP contribution in [0.5, 0.6) is 0 Å². The van der Waals surface area contributed by atoms with Crippen LogP contribution in [0.2, 0.25) is 0 Å². The van der Waals surface area contributed by atoms with E-state index in [0.717, 1.165) is 6.07 Å². The first-order chi connectivity index (χ1) is 6.02. The molecule has 1 aromatic heterocycles. The van der Waals surface area contributed by atoms with Gasteiger partial charge in [-0.1, -0.05) is 15.9 Å². The van der Waals surface area contributed by atoms with Crippen molar-refractivity contribution in [3.05, 3.63) is 28.0 Å². The third kappa shape index (κ3) is 2.15. The summed E-state index contributed by atoms with van der Waals surface area (Å²) in [5.41, 5.74) is 0. The molecule has 0 aliphatic rings. The molecule has 1 heterocycles. The van der Waals surface area contributed by atoms with E-state index >= 15 is 0 Å². The van der Waals surface area contributed by atoms with Crippen LogP contribution in [0.1, 0.15) is 17.5 Å². The molecular weight excluding hydrogens is 242 g/mol. The highest BCUT2D eigenvalue weighted by Crippen LogP contribution is 2.18. The molecule has 0 radical (unpaired) electrons. The monoisotopic (exact) mass is 247 g/mol. The Labute approximate surface area is 82.0 Å². The molecule has 0 N–H and O–H groups in total. The number of nitro groups is 1. The van der Waals surface area contributed by atoms with Crippen LogP contribution in [-0.2, 0) is 0 Å². The fourth-order valence-electron chi connectivity index (χ4n) is 0.754. The fraction of sp³-hybridized carbons (Fsp3) is 0.286. The van der Waals surface area contributed by atoms with Gasteiger partial charge >= 0.3 is 5.88 Å². The molecule has 1 atom stereocenters. The summed E-state index contributed by atoms with van der Waals surface area (Å²) < 4.78 is 4.69. The normalized spacial score (nSPS) is 12.5. The first-order valence-electron chi connectivity index (χ1n) is 3.45. The molecule has 0 aliphatic heterocycles. The fourth-order valence-corrected chi connectivity index (χ4v) is 0.980. The molecule has 13 heavy (non-hydrogen) atoms. The molecule has 5 nitrogen and oxygen atoms in total. The van der Waals surface area contributed by atoms with E-state index in [1.165, 1.54) is 6.07 Å². The third-order valence-corrected chi connectivity index (χ3v) is 1.79. The number of Topliss-reactive ketones (excluding diaryl/α,β-unsaturated/α-hetero) is 1. The van der Waals surface area contributed by atoms with Crippen LogP contribution in [0.4, 0.5) is 5.88 Å². The number of rotatable bonds is 3. The Hall–Kier alpha value is -1.17. The van der Waals surface area contributed by atoms with Gasteiger partial charge in [-0.25, -0.2) is 0 Å². The van der Waals surface area contributed by atoms with Gasteiger partial charge in [-0.15, -0.1) is 0 Å². The molecule has 0 amide bonds. The highest BCUT2D eigenvalue weighted by atomic mass is 79.9. The molecule has 0 saturated carbocycles. The van der Waals surface area contributed by atoms with Crippen LogP contribution in [0.25, 0.3) is 0 Å². The average molecular weight is 248 g/mol. The minimum absolute atomic E-state index is 0.00363. The number of hydrogen-bond acceptors (Lipinski definition) is 4. The lowest BCUT2D eigenvalue weighted by atomic mass is 10.2. The maximum atomic E-state index is 11.2. The number of alkyl halides is 1. The van der Waals surface area contributed by atoms with Crippen LogP contribution >= 0.6 is 15.9 Å². The van der Waals surface area contributed by atoms with E-state index in [4.69, 9.17) is 0 Å². The number of halogens is 1. The summed E-state index contributed by atoms with van der Waals surface area (Å²) in [5, 5.41) is 10.2. The quantitative estimate of drug-likeness (QED) is 0.355. The zero-order valence-electron chi connectivity index (χ0n) is 6.69. The first kappa shape index (κ1) is 9.91. The van der Waals surface area contributed by atoms with Gasteiger partial charge in [0.05, 0.1) is 10.9 Å². The van der Waals surface area contributed by atoms with Gasteiger partial charge < -0.3 is 4.42 Å². The molecule has 0 fully saturated rings. The third-order valence-electron chi connectivity index (χ3n) is 1.38. The zero-order valence-corrected chi connectivity index (χ0v) is 8.28. The Bertz CT molecular complexity index is 344. The smallest absolute Gasteiger partial charge is 0.397 e. The molecule has 0 aliphatic carbocycles. The van der Waals surface area contributed by atoms with Crippen LogP contribution in [0.15, 0.2) is 16.5 Å². The second-order valence-electron chi connectivity index (χ2n) is 2.38. The molecule has 70 valence electrons. The SMILES string of the molecule is CC(Br)C(=O)c1ccc([N+](=O)[O-])o1. The van der Waals surface area contributed by atoms with E-state index in [1.54, 1.807) is 6.92 Å². The molecule has 1 aromatic rings. The summed E-state index contributed by atoms with van der Waals surface area (Å²) in [6, 6.07) is 2.45. The maximum absolute atomic E-state index is 11.2. The predicted molar refractivity (Wildman–Crippen MR) is 48.1 cm³/mol. The standard InChI is InChI=1S/C7H6BrNO4/c1-4(8)7(10)5-2-3-6(13-5)9(11)12/h2-4H,1H3. The van der Waals surface area contributed by atoms with Gasteiger partial charge in [0, 0.05) is 0 Å². The molecule has 0 saturated heterocycles. The number of furan rings is 1. The largest absolute Gasteiger partial charge is 0.433 e. The van der Waals surface area contributed by atoms with E-state index in [9.17, 15) is 14.9 Å². The van der Waals surface area contributed by atoms with Crippen molar-refractivity contribution in [3.8, 4) is 0 Å². The second-order valence-corrected chi connectivity index (χ2v) is 3.75. The summed E-state index contributed by atoms with van der Waals surface area (Å²) in [6.45, 7) is 1.62. The Morgan fingerprint density at radius 1 is 1.69 bits per heavy atom. The lowest BCUT2D eigenvalue weighted by Gasteiger charge is -1.95. The van der Waals surface area contributed by atoms with Gasteiger partial charge in [-0.05, 0) is 13.0 Å². The van der Waals surface area contributed by atoms with Gasteiger partial charge in [-0.2, -0.15) is 0 Å². The second kappa shape index (κ2) is 3.69. The van der Waals surface area contributed by atoms with Crippen molar-refractivity contribution in [2.45, 2.75) is 11.8 Å². The van der Waals surface area contributed by atoms with Gasteiger partial charge in [0.1, 0.15) is 4.92 Å². The molecule has 1 unspecified atom stereocenters. The van der Waals surface area contributed by atoms with Crippen LogP contribution in [-0.4, -0.2) is 15.5 Å². The van der Waals surface area contributed by atoms with Gasteiger partial charge in [0.25, 0.3) is 0 Å². The summed E-state index contributed by atoms with van der Waals surface area (Å²) in [6.07, 6.45) is 0. The van der Waals surface area contributed by atoms with Gasteiger partial charge in [0.15, 0.2) is 5.76 Å². The van der Waals surface area contributed by atoms with Crippen LogP contribution < -0.4 is 0 Å². The zero-order chi connectivity index (χ0) is 10.0. The summed E-state index contributed by atoms with van der Waals surface area (Å²) >= 11 is 3.04. The highest BCUT2D eigenvalue weighted by Gasteiger charge is 2.19. The van der Waals surface area contributed by atoms with E-state index in [-0.39, 0.29) is 11.5 Å². The van der Waals surface area contributed by atoms with Crippen molar-refractivity contribution < 1.29 is 14.1 Å².